The predicted octanol–water partition coefficient (Wildman–Crippen LogP) is 3.95. The second kappa shape index (κ2) is 6.80. The summed E-state index contributed by atoms with van der Waals surface area (Å²) in [5, 5.41) is 0. The molecule has 0 aliphatic heterocycles. The predicted molar refractivity (Wildman–Crippen MR) is 74.2 cm³/mol. The molecule has 1 aromatic rings. The number of rotatable bonds is 4. The van der Waals surface area contributed by atoms with E-state index in [0.717, 1.165) is 6.07 Å². The lowest BCUT2D eigenvalue weighted by atomic mass is 10.1. The van der Waals surface area contributed by atoms with Crippen molar-refractivity contribution in [3.63, 3.8) is 0 Å². The molecule has 0 unspecified atom stereocenters. The lowest BCUT2D eigenvalue weighted by molar-refractivity contribution is -0.138. The maximum Gasteiger partial charge on any atom is 0.417 e. The highest BCUT2D eigenvalue weighted by atomic mass is 79.9. The number of carbonyl (C=O) groups excluding carboxylic acids is 1. The Labute approximate surface area is 124 Å². The Bertz CT molecular complexity index is 534. The van der Waals surface area contributed by atoms with Crippen LogP contribution in [0.15, 0.2) is 22.7 Å². The van der Waals surface area contributed by atoms with E-state index < -0.39 is 17.6 Å². The maximum absolute atomic E-state index is 12.8. The number of terminal acetylenes is 1. The van der Waals surface area contributed by atoms with Crippen LogP contribution in [0, 0.1) is 12.3 Å². The number of hydrogen-bond acceptors (Lipinski definition) is 1. The Morgan fingerprint density at radius 3 is 2.60 bits per heavy atom. The summed E-state index contributed by atoms with van der Waals surface area (Å²) in [5.41, 5.74) is -0.898. The van der Waals surface area contributed by atoms with Crippen LogP contribution in [-0.4, -0.2) is 23.9 Å². The summed E-state index contributed by atoms with van der Waals surface area (Å²) in [5.74, 6) is 1.84. The highest BCUT2D eigenvalue weighted by molar-refractivity contribution is 9.10. The van der Waals surface area contributed by atoms with Crippen molar-refractivity contribution in [1.29, 1.82) is 0 Å². The largest absolute Gasteiger partial charge is 0.417 e. The van der Waals surface area contributed by atoms with Gasteiger partial charge in [0, 0.05) is 16.6 Å². The van der Waals surface area contributed by atoms with Crippen LogP contribution in [0.4, 0.5) is 13.2 Å². The molecule has 0 fully saturated rings. The first-order chi connectivity index (χ1) is 9.31. The van der Waals surface area contributed by atoms with Gasteiger partial charge in [-0.3, -0.25) is 4.79 Å². The molecule has 0 aliphatic carbocycles. The van der Waals surface area contributed by atoms with Gasteiger partial charge >= 0.3 is 6.18 Å². The van der Waals surface area contributed by atoms with Crippen LogP contribution in [0.5, 0.6) is 0 Å². The van der Waals surface area contributed by atoms with Crippen molar-refractivity contribution in [1.82, 2.24) is 4.90 Å². The van der Waals surface area contributed by atoms with Crippen molar-refractivity contribution < 1.29 is 18.0 Å². The molecule has 1 aromatic carbocycles. The molecule has 1 amide bonds. The summed E-state index contributed by atoms with van der Waals surface area (Å²) >= 11 is 2.84. The Kier molecular flexibility index (Phi) is 5.63. The Morgan fingerprint density at radius 1 is 1.45 bits per heavy atom. The van der Waals surface area contributed by atoms with E-state index in [9.17, 15) is 18.0 Å². The number of hydrogen-bond donors (Lipinski definition) is 0. The molecule has 20 heavy (non-hydrogen) atoms. The van der Waals surface area contributed by atoms with Crippen molar-refractivity contribution in [2.45, 2.75) is 19.5 Å². The number of alkyl halides is 3. The molecule has 0 atom stereocenters. The van der Waals surface area contributed by atoms with Gasteiger partial charge in [0.05, 0.1) is 12.1 Å². The molecule has 0 bridgehead atoms. The highest BCUT2D eigenvalue weighted by Gasteiger charge is 2.33. The molecule has 1 rings (SSSR count). The van der Waals surface area contributed by atoms with Crippen LogP contribution < -0.4 is 0 Å². The van der Waals surface area contributed by atoms with Crippen molar-refractivity contribution in [3.8, 4) is 12.3 Å². The van der Waals surface area contributed by atoms with Gasteiger partial charge in [-0.05, 0) is 24.6 Å². The molecular formula is C14H13BrF3NO. The fourth-order valence-electron chi connectivity index (χ4n) is 1.69. The first kappa shape index (κ1) is 16.6. The normalized spacial score (nSPS) is 11.0. The first-order valence-electron chi connectivity index (χ1n) is 5.90. The summed E-state index contributed by atoms with van der Waals surface area (Å²) in [7, 11) is 0. The average Bonchev–Trinajstić information content (AvgIpc) is 2.37. The molecule has 0 saturated carbocycles. The molecule has 6 heteroatoms. The van der Waals surface area contributed by atoms with Gasteiger partial charge < -0.3 is 4.90 Å². The molecule has 0 saturated heterocycles. The zero-order valence-electron chi connectivity index (χ0n) is 10.8. The lowest BCUT2D eigenvalue weighted by Gasteiger charge is -2.20. The highest BCUT2D eigenvalue weighted by Crippen LogP contribution is 2.35. The van der Waals surface area contributed by atoms with Crippen LogP contribution in [0.2, 0.25) is 0 Å². The zero-order valence-corrected chi connectivity index (χ0v) is 12.4. The molecule has 2 nitrogen and oxygen atoms in total. The SMILES string of the molecule is C#CCN(CCC)C(=O)c1ccc(Br)c(C(F)(F)F)c1. The Hall–Kier alpha value is -1.48. The second-order valence-electron chi connectivity index (χ2n) is 4.12. The van der Waals surface area contributed by atoms with Crippen LogP contribution in [0.3, 0.4) is 0 Å². The summed E-state index contributed by atoms with van der Waals surface area (Å²) < 4.78 is 38.3. The van der Waals surface area contributed by atoms with Gasteiger partial charge in [0.1, 0.15) is 0 Å². The minimum absolute atomic E-state index is 0.0239. The summed E-state index contributed by atoms with van der Waals surface area (Å²) in [6.07, 6.45) is 1.33. The van der Waals surface area contributed by atoms with Gasteiger partial charge in [-0.25, -0.2) is 0 Å². The van der Waals surface area contributed by atoms with E-state index in [2.05, 4.69) is 21.9 Å². The zero-order chi connectivity index (χ0) is 15.3. The third kappa shape index (κ3) is 4.01. The molecule has 108 valence electrons. The summed E-state index contributed by atoms with van der Waals surface area (Å²) in [6, 6.07) is 3.41. The van der Waals surface area contributed by atoms with Crippen molar-refractivity contribution in [3.05, 3.63) is 33.8 Å². The number of carbonyl (C=O) groups is 1. The summed E-state index contributed by atoms with van der Waals surface area (Å²) in [6.45, 7) is 2.34. The topological polar surface area (TPSA) is 20.3 Å². The third-order valence-electron chi connectivity index (χ3n) is 2.58. The van der Waals surface area contributed by atoms with Gasteiger partial charge in [0.15, 0.2) is 0 Å². The van der Waals surface area contributed by atoms with Crippen molar-refractivity contribution in [2.24, 2.45) is 0 Å². The number of nitrogens with zero attached hydrogens (tertiary/aromatic N) is 1. The van der Waals surface area contributed by atoms with Gasteiger partial charge in [0.25, 0.3) is 5.91 Å². The minimum Gasteiger partial charge on any atom is -0.328 e. The number of halogens is 4. The van der Waals surface area contributed by atoms with E-state index in [1.165, 1.54) is 17.0 Å². The Morgan fingerprint density at radius 2 is 2.10 bits per heavy atom. The van der Waals surface area contributed by atoms with Gasteiger partial charge in [-0.15, -0.1) is 6.42 Å². The van der Waals surface area contributed by atoms with E-state index in [-0.39, 0.29) is 16.6 Å². The lowest BCUT2D eigenvalue weighted by Crippen LogP contribution is -2.32. The smallest absolute Gasteiger partial charge is 0.328 e. The van der Waals surface area contributed by atoms with E-state index in [4.69, 9.17) is 6.42 Å². The monoisotopic (exact) mass is 347 g/mol. The van der Waals surface area contributed by atoms with Crippen LogP contribution in [-0.2, 0) is 6.18 Å². The molecule has 0 aromatic heterocycles. The third-order valence-corrected chi connectivity index (χ3v) is 3.27. The molecule has 0 spiro atoms. The van der Waals surface area contributed by atoms with E-state index >= 15 is 0 Å². The molecular weight excluding hydrogens is 335 g/mol. The summed E-state index contributed by atoms with van der Waals surface area (Å²) in [4.78, 5) is 13.5. The van der Waals surface area contributed by atoms with E-state index in [1.807, 2.05) is 6.92 Å². The molecule has 0 aliphatic rings. The fraction of sp³-hybridized carbons (Fsp3) is 0.357. The fourth-order valence-corrected chi connectivity index (χ4v) is 2.16. The van der Waals surface area contributed by atoms with Crippen molar-refractivity contribution in [2.75, 3.05) is 13.1 Å². The van der Waals surface area contributed by atoms with Crippen molar-refractivity contribution >= 4 is 21.8 Å². The van der Waals surface area contributed by atoms with E-state index in [0.29, 0.717) is 13.0 Å². The standard InChI is InChI=1S/C14H13BrF3NO/c1-3-7-19(8-4-2)13(20)10-5-6-12(15)11(9-10)14(16,17)18/h1,5-6,9H,4,7-8H2,2H3. The van der Waals surface area contributed by atoms with Crippen LogP contribution in [0.25, 0.3) is 0 Å². The second-order valence-corrected chi connectivity index (χ2v) is 4.98. The van der Waals surface area contributed by atoms with Gasteiger partial charge in [-0.2, -0.15) is 13.2 Å². The minimum atomic E-state index is -4.52. The molecule has 0 radical (unpaired) electrons. The molecule has 0 N–H and O–H groups in total. The quantitative estimate of drug-likeness (QED) is 0.755. The van der Waals surface area contributed by atoms with E-state index in [1.54, 1.807) is 0 Å². The van der Waals surface area contributed by atoms with Gasteiger partial charge in [0.2, 0.25) is 0 Å². The first-order valence-corrected chi connectivity index (χ1v) is 6.70. The molecule has 0 heterocycles. The van der Waals surface area contributed by atoms with Gasteiger partial charge in [-0.1, -0.05) is 28.8 Å². The van der Waals surface area contributed by atoms with Crippen LogP contribution >= 0.6 is 15.9 Å². The maximum atomic E-state index is 12.8. The average molecular weight is 348 g/mol. The number of benzene rings is 1. The Balaban J connectivity index is 3.14. The number of amides is 1. The van der Waals surface area contributed by atoms with Crippen LogP contribution in [0.1, 0.15) is 29.3 Å².